The monoisotopic (exact) mass is 846 g/mol. The van der Waals surface area contributed by atoms with Crippen molar-refractivity contribution in [3.05, 3.63) is 126 Å². The average molecular weight is 845 g/mol. The van der Waals surface area contributed by atoms with Crippen LogP contribution in [0.4, 0.5) is 0 Å². The molecule has 0 aliphatic rings. The van der Waals surface area contributed by atoms with Gasteiger partial charge in [0.05, 0.1) is 0 Å². The first-order chi connectivity index (χ1) is 21.4. The number of thiophene rings is 1. The summed E-state index contributed by atoms with van der Waals surface area (Å²) in [5.41, 5.74) is 7.64. The van der Waals surface area contributed by atoms with Gasteiger partial charge in [0.2, 0.25) is 0 Å². The molecule has 0 spiro atoms. The number of aryl methyl sites for hydroxylation is 2. The molecule has 7 aromatic rings. The molecule has 4 aromatic carbocycles. The fourth-order valence-corrected chi connectivity index (χ4v) is 10.7. The molecular weight excluding hydrogens is 805 g/mol. The van der Waals surface area contributed by atoms with E-state index in [9.17, 15) is 0 Å². The van der Waals surface area contributed by atoms with E-state index in [4.69, 9.17) is 1.37 Å². The Morgan fingerprint density at radius 3 is 2.31 bits per heavy atom. The van der Waals surface area contributed by atoms with Gasteiger partial charge in [0.25, 0.3) is 0 Å². The van der Waals surface area contributed by atoms with E-state index >= 15 is 0 Å². The Kier molecular flexibility index (Phi) is 9.68. The number of hydrogen-bond donors (Lipinski definition) is 0. The van der Waals surface area contributed by atoms with Gasteiger partial charge in [-0.15, -0.1) is 23.8 Å². The van der Waals surface area contributed by atoms with Crippen LogP contribution in [0.5, 0.6) is 0 Å². The van der Waals surface area contributed by atoms with E-state index in [0.29, 0.717) is 0 Å². The van der Waals surface area contributed by atoms with Gasteiger partial charge in [-0.3, -0.25) is 0 Å². The number of fused-ring (bicyclic) bond motifs is 5. The smallest absolute Gasteiger partial charge is 0.0346 e. The molecule has 0 unspecified atom stereocenters. The fourth-order valence-electron chi connectivity index (χ4n) is 5.86. The van der Waals surface area contributed by atoms with E-state index in [-0.39, 0.29) is 20.1 Å². The quantitative estimate of drug-likeness (QED) is 0.130. The van der Waals surface area contributed by atoms with E-state index < -0.39 is 19.2 Å². The minimum atomic E-state index is -1.77. The van der Waals surface area contributed by atoms with Crippen molar-refractivity contribution in [2.45, 2.75) is 50.9 Å². The van der Waals surface area contributed by atoms with E-state index in [1.54, 1.807) is 17.5 Å². The van der Waals surface area contributed by atoms with Crippen molar-refractivity contribution < 1.29 is 21.5 Å². The molecule has 0 saturated heterocycles. The molecule has 0 amide bonds. The van der Waals surface area contributed by atoms with Gasteiger partial charge in [-0.05, 0) is 57.1 Å². The molecule has 7 rings (SSSR count). The first-order valence-corrected chi connectivity index (χ1v) is 23.2. The largest absolute Gasteiger partial charge is 0.305 e. The molecule has 0 atom stereocenters. The summed E-state index contributed by atoms with van der Waals surface area (Å²) in [5.74, 6) is 6.55. The third-order valence-electron chi connectivity index (χ3n) is 8.17. The molecule has 3 aromatic heterocycles. The standard InChI is InChI=1S/C25H20NS.C15H18GeN.Ir/c1-15(2)17-12-13-26-22(14-17)20-8-5-9-21-24-19-7-4-6-16(3)18(19)10-11-23(24)27-25(20)21;1-12-10-15(13-8-6-5-7-9-13)17-11-14(12)16(2,3)4;/h4-7,9-15H,1-3H3;5-8,10-11H,1-4H3;/q2*-1;/i15D;;. The summed E-state index contributed by atoms with van der Waals surface area (Å²) < 4.78 is 12.3. The average Bonchev–Trinajstić information content (AvgIpc) is 3.40. The van der Waals surface area contributed by atoms with Crippen LogP contribution in [0.3, 0.4) is 0 Å². The van der Waals surface area contributed by atoms with Crippen LogP contribution in [0.1, 0.15) is 37.8 Å². The Morgan fingerprint density at radius 2 is 1.60 bits per heavy atom. The normalized spacial score (nSPS) is 12.0. The summed E-state index contributed by atoms with van der Waals surface area (Å²) in [5, 5.41) is 5.17. The predicted molar refractivity (Wildman–Crippen MR) is 194 cm³/mol. The summed E-state index contributed by atoms with van der Waals surface area (Å²) in [4.78, 5) is 9.20. The molecule has 3 heterocycles. The van der Waals surface area contributed by atoms with Crippen LogP contribution in [0.15, 0.2) is 97.3 Å². The van der Waals surface area contributed by atoms with Crippen LogP contribution in [0.25, 0.3) is 53.5 Å². The molecule has 0 bridgehead atoms. The summed E-state index contributed by atoms with van der Waals surface area (Å²) >= 11 is 0.0264. The van der Waals surface area contributed by atoms with Crippen molar-refractivity contribution in [2.75, 3.05) is 0 Å². The molecule has 45 heavy (non-hydrogen) atoms. The number of nitrogens with zero attached hydrogens (tertiary/aromatic N) is 2. The number of aromatic nitrogens is 2. The second-order valence-electron chi connectivity index (χ2n) is 12.6. The van der Waals surface area contributed by atoms with Gasteiger partial charge in [0.1, 0.15) is 0 Å². The van der Waals surface area contributed by atoms with Crippen molar-refractivity contribution in [2.24, 2.45) is 0 Å². The van der Waals surface area contributed by atoms with Crippen molar-refractivity contribution in [3.63, 3.8) is 0 Å². The third-order valence-corrected chi connectivity index (χ3v) is 13.8. The fraction of sp³-hybridized carbons (Fsp3) is 0.200. The summed E-state index contributed by atoms with van der Waals surface area (Å²) in [6, 6.07) is 35.9. The summed E-state index contributed by atoms with van der Waals surface area (Å²) in [7, 11) is 0. The molecule has 0 N–H and O–H groups in total. The van der Waals surface area contributed by atoms with E-state index in [1.807, 2.05) is 50.2 Å². The molecule has 0 fully saturated rings. The molecule has 2 nitrogen and oxygen atoms in total. The van der Waals surface area contributed by atoms with Gasteiger partial charge < -0.3 is 4.98 Å². The van der Waals surface area contributed by atoms with Crippen LogP contribution in [0, 0.1) is 26.0 Å². The van der Waals surface area contributed by atoms with Gasteiger partial charge in [-0.25, -0.2) is 0 Å². The minimum absolute atomic E-state index is 0. The first-order valence-electron chi connectivity index (χ1n) is 15.6. The van der Waals surface area contributed by atoms with Crippen LogP contribution >= 0.6 is 11.3 Å². The van der Waals surface area contributed by atoms with Crippen molar-refractivity contribution in [1.29, 1.82) is 0 Å². The Balaban J connectivity index is 0.000000200. The van der Waals surface area contributed by atoms with E-state index in [1.165, 1.54) is 46.5 Å². The Morgan fingerprint density at radius 1 is 0.778 bits per heavy atom. The number of hydrogen-bond acceptors (Lipinski definition) is 3. The second kappa shape index (κ2) is 13.7. The molecular formula is C40H38GeIrN2S-2. The van der Waals surface area contributed by atoms with Gasteiger partial charge in [-0.2, -0.15) is 11.3 Å². The zero-order valence-electron chi connectivity index (χ0n) is 27.9. The topological polar surface area (TPSA) is 25.8 Å². The summed E-state index contributed by atoms with van der Waals surface area (Å²) in [6.07, 6.45) is 3.88. The zero-order chi connectivity index (χ0) is 31.9. The predicted octanol–water partition coefficient (Wildman–Crippen LogP) is 10.9. The number of benzene rings is 4. The molecule has 229 valence electrons. The van der Waals surface area contributed by atoms with Gasteiger partial charge >= 0.3 is 106 Å². The van der Waals surface area contributed by atoms with E-state index in [2.05, 4.69) is 108 Å². The SMILES string of the molecule is Cc1cc(-c2[c-]cccc2)nc[c]1[Ge]([CH3])([CH3])[CH3].[2H]C(C)(C)c1ccnc(-c2[c-]ccc3c2sc2ccc4c(C)cccc4c23)c1.[Ir]. The number of rotatable bonds is 4. The maximum atomic E-state index is 8.36. The molecule has 1 radical (unpaired) electrons. The van der Waals surface area contributed by atoms with Crippen molar-refractivity contribution in [1.82, 2.24) is 9.97 Å². The Hall–Kier alpha value is -3.15. The zero-order valence-corrected chi connectivity index (χ0v) is 32.2. The molecule has 0 saturated carbocycles. The van der Waals surface area contributed by atoms with Crippen molar-refractivity contribution >= 4 is 59.9 Å². The van der Waals surface area contributed by atoms with Gasteiger partial charge in [0.15, 0.2) is 0 Å². The van der Waals surface area contributed by atoms with Crippen LogP contribution < -0.4 is 4.40 Å². The Labute approximate surface area is 289 Å². The van der Waals surface area contributed by atoms with Gasteiger partial charge in [0, 0.05) is 32.4 Å². The third kappa shape index (κ3) is 6.85. The number of pyridine rings is 2. The van der Waals surface area contributed by atoms with Crippen molar-refractivity contribution in [3.8, 4) is 22.5 Å². The Bertz CT molecular complexity index is 2160. The molecule has 5 heteroatoms. The van der Waals surface area contributed by atoms with Crippen LogP contribution in [0.2, 0.25) is 17.3 Å². The maximum Gasteiger partial charge on any atom is 0.0346 e. The van der Waals surface area contributed by atoms with Crippen LogP contribution in [-0.2, 0) is 20.1 Å². The summed E-state index contributed by atoms with van der Waals surface area (Å²) in [6.45, 7) is 8.18. The van der Waals surface area contributed by atoms with E-state index in [0.717, 1.165) is 28.1 Å². The molecule has 0 aliphatic carbocycles. The van der Waals surface area contributed by atoms with Gasteiger partial charge in [-0.1, -0.05) is 55.1 Å². The van der Waals surface area contributed by atoms with Crippen LogP contribution in [-0.4, -0.2) is 23.2 Å². The molecule has 0 aliphatic heterocycles. The second-order valence-corrected chi connectivity index (χ2v) is 24.3. The first kappa shape index (κ1) is 31.8. The maximum absolute atomic E-state index is 8.36. The minimum Gasteiger partial charge on any atom is -0.305 e.